The highest BCUT2D eigenvalue weighted by molar-refractivity contribution is 7.09. The summed E-state index contributed by atoms with van der Waals surface area (Å²) in [6.45, 7) is 5.73. The Kier molecular flexibility index (Phi) is 6.63. The van der Waals surface area contributed by atoms with E-state index >= 15 is 0 Å². The molecule has 0 atom stereocenters. The molecule has 1 aromatic carbocycles. The number of thiophene rings is 1. The smallest absolute Gasteiger partial charge is 0.191 e. The Hall–Kier alpha value is -1.92. The molecule has 1 fully saturated rings. The molecule has 0 radical (unpaired) electrons. The Labute approximate surface area is 158 Å². The quantitative estimate of drug-likeness (QED) is 0.598. The van der Waals surface area contributed by atoms with Crippen LogP contribution < -0.4 is 10.6 Å². The number of nitrogens with one attached hydrogen (secondary N) is 2. The first-order valence-electron chi connectivity index (χ1n) is 9.10. The van der Waals surface area contributed by atoms with Gasteiger partial charge in [0.1, 0.15) is 5.82 Å². The van der Waals surface area contributed by atoms with Crippen LogP contribution in [0.5, 0.6) is 0 Å². The first kappa shape index (κ1) is 18.9. The number of nitrogens with zero attached hydrogens (tertiary/aromatic N) is 1. The van der Waals surface area contributed by atoms with Crippen molar-refractivity contribution in [2.24, 2.45) is 4.99 Å². The van der Waals surface area contributed by atoms with E-state index in [1.165, 1.54) is 4.88 Å². The molecule has 0 spiro atoms. The summed E-state index contributed by atoms with van der Waals surface area (Å²) in [7, 11) is 0. The van der Waals surface area contributed by atoms with E-state index in [4.69, 9.17) is 9.73 Å². The molecule has 1 aliphatic rings. The first-order valence-corrected chi connectivity index (χ1v) is 9.98. The van der Waals surface area contributed by atoms with Gasteiger partial charge in [-0.25, -0.2) is 9.38 Å². The Morgan fingerprint density at radius 2 is 1.96 bits per heavy atom. The number of guanidine groups is 1. The van der Waals surface area contributed by atoms with Gasteiger partial charge >= 0.3 is 0 Å². The summed E-state index contributed by atoms with van der Waals surface area (Å²) in [4.78, 5) is 5.93. The second kappa shape index (κ2) is 9.14. The van der Waals surface area contributed by atoms with Gasteiger partial charge in [-0.1, -0.05) is 18.2 Å². The molecule has 0 amide bonds. The van der Waals surface area contributed by atoms with Gasteiger partial charge in [-0.2, -0.15) is 0 Å². The minimum Gasteiger partial charge on any atom is -0.381 e. The van der Waals surface area contributed by atoms with Gasteiger partial charge in [-0.3, -0.25) is 0 Å². The van der Waals surface area contributed by atoms with Crippen LogP contribution in [-0.2, 0) is 16.7 Å². The largest absolute Gasteiger partial charge is 0.381 e. The zero-order chi connectivity index (χ0) is 18.2. The van der Waals surface area contributed by atoms with Crippen LogP contribution in [-0.4, -0.2) is 32.3 Å². The number of aliphatic imine (C=N–C) groups is 1. The molecule has 1 saturated heterocycles. The summed E-state index contributed by atoms with van der Waals surface area (Å²) in [5.41, 5.74) is 1.09. The Morgan fingerprint density at radius 1 is 1.19 bits per heavy atom. The SMILES string of the molecule is CCNC(=NCc1cccs1)NCC1(c2ccc(F)cc2)CCOCC1. The van der Waals surface area contributed by atoms with E-state index in [1.807, 2.05) is 18.2 Å². The lowest BCUT2D eigenvalue weighted by Gasteiger charge is -2.38. The molecule has 0 bridgehead atoms. The van der Waals surface area contributed by atoms with Gasteiger partial charge < -0.3 is 15.4 Å². The van der Waals surface area contributed by atoms with E-state index in [9.17, 15) is 4.39 Å². The van der Waals surface area contributed by atoms with Gasteiger partial charge in [0.2, 0.25) is 0 Å². The van der Waals surface area contributed by atoms with Gasteiger partial charge in [0, 0.05) is 36.6 Å². The van der Waals surface area contributed by atoms with Crippen molar-refractivity contribution < 1.29 is 9.13 Å². The van der Waals surface area contributed by atoms with Gasteiger partial charge in [-0.15, -0.1) is 11.3 Å². The maximum Gasteiger partial charge on any atom is 0.191 e. The lowest BCUT2D eigenvalue weighted by molar-refractivity contribution is 0.0513. The average molecular weight is 376 g/mol. The van der Waals surface area contributed by atoms with Gasteiger partial charge in [0.25, 0.3) is 0 Å². The van der Waals surface area contributed by atoms with Crippen LogP contribution in [0.4, 0.5) is 4.39 Å². The lowest BCUT2D eigenvalue weighted by atomic mass is 9.74. The molecular formula is C20H26FN3OS. The molecule has 6 heteroatoms. The second-order valence-corrected chi connectivity index (χ2v) is 7.56. The average Bonchev–Trinajstić information content (AvgIpc) is 3.19. The Balaban J connectivity index is 1.72. The summed E-state index contributed by atoms with van der Waals surface area (Å²) in [6, 6.07) is 11.0. The van der Waals surface area contributed by atoms with Gasteiger partial charge in [-0.05, 0) is 48.9 Å². The van der Waals surface area contributed by atoms with E-state index in [0.29, 0.717) is 6.54 Å². The molecule has 2 N–H and O–H groups in total. The minimum atomic E-state index is -0.199. The molecule has 26 heavy (non-hydrogen) atoms. The van der Waals surface area contributed by atoms with Crippen LogP contribution in [0.1, 0.15) is 30.2 Å². The molecule has 0 saturated carbocycles. The first-order chi connectivity index (χ1) is 12.7. The molecule has 3 rings (SSSR count). The third-order valence-corrected chi connectivity index (χ3v) is 5.68. The predicted molar refractivity (Wildman–Crippen MR) is 105 cm³/mol. The van der Waals surface area contributed by atoms with E-state index < -0.39 is 0 Å². The maximum atomic E-state index is 13.4. The highest BCUT2D eigenvalue weighted by Gasteiger charge is 2.34. The van der Waals surface area contributed by atoms with Crippen molar-refractivity contribution in [2.45, 2.75) is 31.7 Å². The summed E-state index contributed by atoms with van der Waals surface area (Å²) in [5, 5.41) is 8.88. The van der Waals surface area contributed by atoms with Crippen LogP contribution >= 0.6 is 11.3 Å². The van der Waals surface area contributed by atoms with Crippen LogP contribution in [0.2, 0.25) is 0 Å². The fraction of sp³-hybridized carbons (Fsp3) is 0.450. The van der Waals surface area contributed by atoms with Crippen molar-refractivity contribution >= 4 is 17.3 Å². The molecule has 1 aliphatic heterocycles. The Morgan fingerprint density at radius 3 is 2.62 bits per heavy atom. The summed E-state index contributed by atoms with van der Waals surface area (Å²) in [5.74, 6) is 0.614. The van der Waals surface area contributed by atoms with E-state index in [-0.39, 0.29) is 11.2 Å². The van der Waals surface area contributed by atoms with Crippen molar-refractivity contribution in [3.8, 4) is 0 Å². The number of halogens is 1. The van der Waals surface area contributed by atoms with Crippen molar-refractivity contribution in [2.75, 3.05) is 26.3 Å². The molecule has 4 nitrogen and oxygen atoms in total. The third kappa shape index (κ3) is 4.83. The summed E-state index contributed by atoms with van der Waals surface area (Å²) in [6.07, 6.45) is 1.83. The van der Waals surface area contributed by atoms with Crippen LogP contribution in [0.15, 0.2) is 46.8 Å². The summed E-state index contributed by atoms with van der Waals surface area (Å²) >= 11 is 1.71. The number of hydrogen-bond acceptors (Lipinski definition) is 3. The maximum absolute atomic E-state index is 13.4. The molecule has 2 aromatic rings. The number of rotatable bonds is 6. The minimum absolute atomic E-state index is 0.0644. The van der Waals surface area contributed by atoms with Gasteiger partial charge in [0.15, 0.2) is 5.96 Å². The summed E-state index contributed by atoms with van der Waals surface area (Å²) < 4.78 is 18.9. The van der Waals surface area contributed by atoms with E-state index in [2.05, 4.69) is 29.0 Å². The van der Waals surface area contributed by atoms with Crippen LogP contribution in [0, 0.1) is 5.82 Å². The van der Waals surface area contributed by atoms with E-state index in [0.717, 1.165) is 50.7 Å². The fourth-order valence-electron chi connectivity index (χ4n) is 3.29. The topological polar surface area (TPSA) is 45.7 Å². The van der Waals surface area contributed by atoms with Crippen molar-refractivity contribution in [3.63, 3.8) is 0 Å². The normalized spacial score (nSPS) is 17.1. The molecule has 140 valence electrons. The van der Waals surface area contributed by atoms with Gasteiger partial charge in [0.05, 0.1) is 6.54 Å². The van der Waals surface area contributed by atoms with E-state index in [1.54, 1.807) is 23.5 Å². The third-order valence-electron chi connectivity index (χ3n) is 4.82. The number of ether oxygens (including phenoxy) is 1. The Bertz CT molecular complexity index is 694. The molecule has 1 aromatic heterocycles. The fourth-order valence-corrected chi connectivity index (χ4v) is 3.92. The second-order valence-electron chi connectivity index (χ2n) is 6.53. The monoisotopic (exact) mass is 375 g/mol. The number of benzene rings is 1. The zero-order valence-corrected chi connectivity index (χ0v) is 15.9. The molecule has 2 heterocycles. The highest BCUT2D eigenvalue weighted by Crippen LogP contribution is 2.34. The van der Waals surface area contributed by atoms with Crippen molar-refractivity contribution in [1.29, 1.82) is 0 Å². The number of hydrogen-bond donors (Lipinski definition) is 2. The van der Waals surface area contributed by atoms with Crippen LogP contribution in [0.3, 0.4) is 0 Å². The standard InChI is InChI=1S/C20H26FN3OS/c1-2-22-19(23-14-18-4-3-13-26-18)24-15-20(9-11-25-12-10-20)16-5-7-17(21)8-6-16/h3-8,13H,2,9-12,14-15H2,1H3,(H2,22,23,24). The molecule has 0 unspecified atom stereocenters. The lowest BCUT2D eigenvalue weighted by Crippen LogP contribution is -2.48. The van der Waals surface area contributed by atoms with Crippen LogP contribution in [0.25, 0.3) is 0 Å². The molecule has 0 aliphatic carbocycles. The van der Waals surface area contributed by atoms with Crippen molar-refractivity contribution in [1.82, 2.24) is 10.6 Å². The molecular weight excluding hydrogens is 349 g/mol. The predicted octanol–water partition coefficient (Wildman–Crippen LogP) is 3.69. The van der Waals surface area contributed by atoms with Crippen molar-refractivity contribution in [3.05, 3.63) is 58.0 Å². The highest BCUT2D eigenvalue weighted by atomic mass is 32.1. The zero-order valence-electron chi connectivity index (χ0n) is 15.1.